The number of benzene rings is 1. The molecule has 0 fully saturated rings. The predicted octanol–water partition coefficient (Wildman–Crippen LogP) is 3.53. The van der Waals surface area contributed by atoms with Gasteiger partial charge in [0.15, 0.2) is 0 Å². The summed E-state index contributed by atoms with van der Waals surface area (Å²) in [6, 6.07) is 5.12. The molecule has 0 bridgehead atoms. The SMILES string of the molecule is Fc1cc(Br)ccc1CCBr. The van der Waals surface area contributed by atoms with Crippen molar-refractivity contribution in [1.29, 1.82) is 0 Å². The number of hydrogen-bond acceptors (Lipinski definition) is 0. The van der Waals surface area contributed by atoms with E-state index in [1.54, 1.807) is 6.07 Å². The summed E-state index contributed by atoms with van der Waals surface area (Å²) in [5.41, 5.74) is 0.755. The Balaban J connectivity index is 2.90. The average molecular weight is 282 g/mol. The highest BCUT2D eigenvalue weighted by molar-refractivity contribution is 9.10. The van der Waals surface area contributed by atoms with E-state index < -0.39 is 0 Å². The van der Waals surface area contributed by atoms with Crippen LogP contribution in [-0.2, 0) is 6.42 Å². The zero-order chi connectivity index (χ0) is 8.27. The summed E-state index contributed by atoms with van der Waals surface area (Å²) in [5, 5.41) is 0.797. The van der Waals surface area contributed by atoms with Gasteiger partial charge in [0.05, 0.1) is 0 Å². The maximum Gasteiger partial charge on any atom is 0.127 e. The van der Waals surface area contributed by atoms with E-state index in [1.165, 1.54) is 6.07 Å². The molecule has 0 amide bonds. The van der Waals surface area contributed by atoms with Crippen LogP contribution >= 0.6 is 31.9 Å². The van der Waals surface area contributed by atoms with Crippen molar-refractivity contribution in [2.45, 2.75) is 6.42 Å². The Bertz CT molecular complexity index is 248. The van der Waals surface area contributed by atoms with Crippen molar-refractivity contribution >= 4 is 31.9 Å². The Hall–Kier alpha value is 0.110. The summed E-state index contributed by atoms with van der Waals surface area (Å²) < 4.78 is 13.8. The third kappa shape index (κ3) is 2.56. The van der Waals surface area contributed by atoms with Gasteiger partial charge in [0, 0.05) is 9.80 Å². The first kappa shape index (κ1) is 9.20. The van der Waals surface area contributed by atoms with Gasteiger partial charge in [-0.15, -0.1) is 0 Å². The molecule has 1 rings (SSSR count). The molecule has 1 aromatic rings. The highest BCUT2D eigenvalue weighted by Crippen LogP contribution is 2.15. The van der Waals surface area contributed by atoms with Gasteiger partial charge < -0.3 is 0 Å². The molecule has 0 N–H and O–H groups in total. The summed E-state index contributed by atoms with van der Waals surface area (Å²) in [7, 11) is 0. The molecule has 0 aromatic heterocycles. The predicted molar refractivity (Wildman–Crippen MR) is 51.6 cm³/mol. The largest absolute Gasteiger partial charge is 0.207 e. The minimum atomic E-state index is -0.140. The lowest BCUT2D eigenvalue weighted by Gasteiger charge is -1.99. The molecule has 0 saturated heterocycles. The lowest BCUT2D eigenvalue weighted by atomic mass is 10.2. The fraction of sp³-hybridized carbons (Fsp3) is 0.250. The number of halogens is 3. The first-order chi connectivity index (χ1) is 5.24. The van der Waals surface area contributed by atoms with Crippen LogP contribution < -0.4 is 0 Å². The van der Waals surface area contributed by atoms with Crippen LogP contribution in [0.2, 0.25) is 0 Å². The first-order valence-electron chi connectivity index (χ1n) is 3.24. The second-order valence-electron chi connectivity index (χ2n) is 2.17. The molecule has 11 heavy (non-hydrogen) atoms. The fourth-order valence-electron chi connectivity index (χ4n) is 0.826. The fourth-order valence-corrected chi connectivity index (χ4v) is 1.59. The summed E-state index contributed by atoms with van der Waals surface area (Å²) >= 11 is 6.46. The maximum atomic E-state index is 13.0. The van der Waals surface area contributed by atoms with Gasteiger partial charge in [-0.05, 0) is 24.1 Å². The van der Waals surface area contributed by atoms with E-state index in [9.17, 15) is 4.39 Å². The van der Waals surface area contributed by atoms with Gasteiger partial charge in [0.1, 0.15) is 5.82 Å². The molecule has 0 radical (unpaired) electrons. The molecule has 1 aromatic carbocycles. The van der Waals surface area contributed by atoms with Crippen LogP contribution in [0.4, 0.5) is 4.39 Å². The molecule has 0 aliphatic carbocycles. The third-order valence-electron chi connectivity index (χ3n) is 1.38. The molecule has 0 atom stereocenters. The van der Waals surface area contributed by atoms with Crippen molar-refractivity contribution < 1.29 is 4.39 Å². The molecule has 0 heterocycles. The Morgan fingerprint density at radius 2 is 2.09 bits per heavy atom. The van der Waals surface area contributed by atoms with Gasteiger partial charge in [0.2, 0.25) is 0 Å². The van der Waals surface area contributed by atoms with Crippen LogP contribution in [0.1, 0.15) is 5.56 Å². The summed E-state index contributed by atoms with van der Waals surface area (Å²) in [4.78, 5) is 0. The molecule has 3 heteroatoms. The molecule has 60 valence electrons. The van der Waals surface area contributed by atoms with Crippen LogP contribution in [0, 0.1) is 5.82 Å². The third-order valence-corrected chi connectivity index (χ3v) is 2.27. The lowest BCUT2D eigenvalue weighted by molar-refractivity contribution is 0.612. The Morgan fingerprint density at radius 3 is 2.64 bits per heavy atom. The topological polar surface area (TPSA) is 0 Å². The van der Waals surface area contributed by atoms with Gasteiger partial charge in [-0.25, -0.2) is 4.39 Å². The standard InChI is InChI=1S/C8H7Br2F/c9-4-3-6-1-2-7(10)5-8(6)11/h1-2,5H,3-4H2. The van der Waals surface area contributed by atoms with Gasteiger partial charge in [-0.1, -0.05) is 37.9 Å². The smallest absolute Gasteiger partial charge is 0.127 e. The van der Waals surface area contributed by atoms with Crippen molar-refractivity contribution in [1.82, 2.24) is 0 Å². The summed E-state index contributed by atoms with van der Waals surface area (Å²) in [6.45, 7) is 0. The van der Waals surface area contributed by atoms with Crippen molar-refractivity contribution in [3.8, 4) is 0 Å². The van der Waals surface area contributed by atoms with E-state index in [-0.39, 0.29) is 5.82 Å². The normalized spacial score (nSPS) is 10.1. The van der Waals surface area contributed by atoms with E-state index in [2.05, 4.69) is 31.9 Å². The molecule has 0 aliphatic rings. The first-order valence-corrected chi connectivity index (χ1v) is 5.15. The molecule has 0 aliphatic heterocycles. The van der Waals surface area contributed by atoms with E-state index in [1.807, 2.05) is 6.07 Å². The molecule has 0 unspecified atom stereocenters. The highest BCUT2D eigenvalue weighted by Gasteiger charge is 2.00. The van der Waals surface area contributed by atoms with E-state index in [4.69, 9.17) is 0 Å². The van der Waals surface area contributed by atoms with Crippen LogP contribution in [-0.4, -0.2) is 5.33 Å². The van der Waals surface area contributed by atoms with Crippen molar-refractivity contribution in [2.24, 2.45) is 0 Å². The minimum Gasteiger partial charge on any atom is -0.207 e. The Morgan fingerprint density at radius 1 is 1.36 bits per heavy atom. The number of hydrogen-bond donors (Lipinski definition) is 0. The van der Waals surface area contributed by atoms with Crippen LogP contribution in [0.5, 0.6) is 0 Å². The molecular formula is C8H7Br2F. The minimum absolute atomic E-state index is 0.140. The summed E-state index contributed by atoms with van der Waals surface area (Å²) in [6.07, 6.45) is 0.735. The number of aryl methyl sites for hydroxylation is 1. The van der Waals surface area contributed by atoms with E-state index >= 15 is 0 Å². The van der Waals surface area contributed by atoms with Crippen molar-refractivity contribution in [3.05, 3.63) is 34.1 Å². The van der Waals surface area contributed by atoms with Crippen molar-refractivity contribution in [3.63, 3.8) is 0 Å². The van der Waals surface area contributed by atoms with E-state index in [0.29, 0.717) is 0 Å². The zero-order valence-electron chi connectivity index (χ0n) is 5.78. The number of alkyl halides is 1. The lowest BCUT2D eigenvalue weighted by Crippen LogP contribution is -1.90. The molecule has 0 spiro atoms. The van der Waals surface area contributed by atoms with Gasteiger partial charge in [-0.3, -0.25) is 0 Å². The van der Waals surface area contributed by atoms with Crippen LogP contribution in [0.15, 0.2) is 22.7 Å². The highest BCUT2D eigenvalue weighted by atomic mass is 79.9. The van der Waals surface area contributed by atoms with Gasteiger partial charge >= 0.3 is 0 Å². The van der Waals surface area contributed by atoms with E-state index in [0.717, 1.165) is 21.8 Å². The second-order valence-corrected chi connectivity index (χ2v) is 3.88. The average Bonchev–Trinajstić information content (AvgIpc) is 1.95. The quantitative estimate of drug-likeness (QED) is 0.728. The molecular weight excluding hydrogens is 275 g/mol. The zero-order valence-corrected chi connectivity index (χ0v) is 8.95. The number of rotatable bonds is 2. The Labute approximate surface area is 82.1 Å². The maximum absolute atomic E-state index is 13.0. The van der Waals surface area contributed by atoms with Gasteiger partial charge in [-0.2, -0.15) is 0 Å². The van der Waals surface area contributed by atoms with Crippen LogP contribution in [0.3, 0.4) is 0 Å². The Kier molecular flexibility index (Phi) is 3.52. The molecule has 0 nitrogen and oxygen atoms in total. The van der Waals surface area contributed by atoms with Gasteiger partial charge in [0.25, 0.3) is 0 Å². The second kappa shape index (κ2) is 4.21. The van der Waals surface area contributed by atoms with Crippen LogP contribution in [0.25, 0.3) is 0 Å². The van der Waals surface area contributed by atoms with Crippen molar-refractivity contribution in [2.75, 3.05) is 5.33 Å². The monoisotopic (exact) mass is 280 g/mol. The summed E-state index contributed by atoms with van der Waals surface area (Å²) in [5.74, 6) is -0.140. The molecule has 0 saturated carbocycles.